The molecule has 6 nitrogen and oxygen atoms in total. The Hall–Kier alpha value is -2.51. The number of carbonyl (C=O) groups excluding carboxylic acids is 1. The first-order valence-corrected chi connectivity index (χ1v) is 10.6. The molecule has 2 heterocycles. The van der Waals surface area contributed by atoms with Crippen LogP contribution in [0.2, 0.25) is 0 Å². The minimum absolute atomic E-state index is 0.0631. The highest BCUT2D eigenvalue weighted by Crippen LogP contribution is 2.28. The van der Waals surface area contributed by atoms with Crippen LogP contribution in [0.3, 0.4) is 0 Å². The number of fused-ring (bicyclic) bond motifs is 1. The van der Waals surface area contributed by atoms with Crippen LogP contribution < -0.4 is 10.2 Å². The van der Waals surface area contributed by atoms with Crippen LogP contribution in [0.1, 0.15) is 6.92 Å². The third kappa shape index (κ3) is 4.31. The number of para-hydroxylation sites is 4. The van der Waals surface area contributed by atoms with Crippen LogP contribution >= 0.6 is 11.8 Å². The third-order valence-electron chi connectivity index (χ3n) is 4.94. The normalized spacial score (nSPS) is 15.1. The van der Waals surface area contributed by atoms with Gasteiger partial charge in [-0.3, -0.25) is 4.79 Å². The molecule has 0 aliphatic carbocycles. The zero-order chi connectivity index (χ0) is 19.3. The molecule has 0 spiro atoms. The molecule has 1 amide bonds. The van der Waals surface area contributed by atoms with E-state index < -0.39 is 0 Å². The van der Waals surface area contributed by atoms with Gasteiger partial charge in [0.2, 0.25) is 5.91 Å². The Bertz CT molecular complexity index is 917. The number of thioether (sulfide) groups is 1. The van der Waals surface area contributed by atoms with Crippen molar-refractivity contribution in [3.05, 3.63) is 48.5 Å². The number of benzene rings is 2. The average molecular weight is 397 g/mol. The quantitative estimate of drug-likeness (QED) is 0.641. The maximum Gasteiger partial charge on any atom is 0.257 e. The van der Waals surface area contributed by atoms with Gasteiger partial charge in [-0.2, -0.15) is 0 Å². The maximum atomic E-state index is 12.5. The topological polar surface area (TPSA) is 61.6 Å². The van der Waals surface area contributed by atoms with E-state index in [4.69, 9.17) is 4.42 Å². The van der Waals surface area contributed by atoms with E-state index in [-0.39, 0.29) is 11.7 Å². The standard InChI is InChI=1S/C21H24N4O2S/c1-2-24-11-13-25(14-12-24)18-9-5-3-7-16(18)22-20(26)15-28-21-23-17-8-4-6-10-19(17)27-21/h3-10H,2,11-15H2,1H3,(H,22,26). The van der Waals surface area contributed by atoms with Crippen molar-refractivity contribution in [3.8, 4) is 0 Å². The molecular weight excluding hydrogens is 372 g/mol. The van der Waals surface area contributed by atoms with Gasteiger partial charge in [0.15, 0.2) is 5.58 Å². The van der Waals surface area contributed by atoms with Crippen molar-refractivity contribution in [1.82, 2.24) is 9.88 Å². The summed E-state index contributed by atoms with van der Waals surface area (Å²) >= 11 is 1.31. The number of aromatic nitrogens is 1. The van der Waals surface area contributed by atoms with E-state index in [1.807, 2.05) is 42.5 Å². The Morgan fingerprint density at radius 3 is 2.64 bits per heavy atom. The largest absolute Gasteiger partial charge is 0.431 e. The Balaban J connectivity index is 1.38. The smallest absolute Gasteiger partial charge is 0.257 e. The van der Waals surface area contributed by atoms with Crippen molar-refractivity contribution in [2.24, 2.45) is 0 Å². The molecule has 0 atom stereocenters. The number of rotatable bonds is 6. The molecule has 1 saturated heterocycles. The van der Waals surface area contributed by atoms with Gasteiger partial charge in [-0.05, 0) is 30.8 Å². The number of oxazole rings is 1. The molecule has 2 aromatic carbocycles. The summed E-state index contributed by atoms with van der Waals surface area (Å²) in [5.41, 5.74) is 3.48. The first-order valence-electron chi connectivity index (χ1n) is 9.57. The van der Waals surface area contributed by atoms with Crippen LogP contribution in [0.5, 0.6) is 0 Å². The van der Waals surface area contributed by atoms with E-state index in [1.165, 1.54) is 11.8 Å². The zero-order valence-electron chi connectivity index (χ0n) is 15.9. The number of likely N-dealkylation sites (N-methyl/N-ethyl adjacent to an activating group) is 1. The number of piperazine rings is 1. The molecule has 0 saturated carbocycles. The van der Waals surface area contributed by atoms with Gasteiger partial charge in [-0.25, -0.2) is 4.98 Å². The van der Waals surface area contributed by atoms with Crippen LogP contribution in [0, 0.1) is 0 Å². The van der Waals surface area contributed by atoms with Crippen molar-refractivity contribution >= 4 is 40.1 Å². The summed E-state index contributed by atoms with van der Waals surface area (Å²) in [7, 11) is 0. The summed E-state index contributed by atoms with van der Waals surface area (Å²) in [6.07, 6.45) is 0. The molecule has 1 fully saturated rings. The van der Waals surface area contributed by atoms with Crippen LogP contribution in [0.4, 0.5) is 11.4 Å². The Kier molecular flexibility index (Phi) is 5.83. The summed E-state index contributed by atoms with van der Waals surface area (Å²) in [5.74, 6) is 0.192. The molecule has 0 bridgehead atoms. The van der Waals surface area contributed by atoms with Gasteiger partial charge >= 0.3 is 0 Å². The molecule has 1 aromatic heterocycles. The monoisotopic (exact) mass is 396 g/mol. The van der Waals surface area contributed by atoms with Crippen LogP contribution in [-0.2, 0) is 4.79 Å². The van der Waals surface area contributed by atoms with Crippen LogP contribution in [0.25, 0.3) is 11.1 Å². The Labute approximate surface area is 168 Å². The fourth-order valence-corrected chi connectivity index (χ4v) is 4.02. The number of amides is 1. The van der Waals surface area contributed by atoms with Crippen molar-refractivity contribution < 1.29 is 9.21 Å². The van der Waals surface area contributed by atoms with Gasteiger partial charge in [0.25, 0.3) is 5.22 Å². The molecule has 0 unspecified atom stereocenters. The van der Waals surface area contributed by atoms with Gasteiger partial charge < -0.3 is 19.5 Å². The van der Waals surface area contributed by atoms with E-state index in [0.29, 0.717) is 5.22 Å². The minimum Gasteiger partial charge on any atom is -0.431 e. The number of carbonyl (C=O) groups is 1. The molecule has 1 aliphatic rings. The van der Waals surface area contributed by atoms with Gasteiger partial charge in [-0.1, -0.05) is 43.0 Å². The van der Waals surface area contributed by atoms with E-state index >= 15 is 0 Å². The number of hydrogen-bond acceptors (Lipinski definition) is 6. The Morgan fingerprint density at radius 1 is 1.11 bits per heavy atom. The van der Waals surface area contributed by atoms with Crippen molar-refractivity contribution in [2.45, 2.75) is 12.1 Å². The lowest BCUT2D eigenvalue weighted by Gasteiger charge is -2.36. The maximum absolute atomic E-state index is 12.5. The highest BCUT2D eigenvalue weighted by Gasteiger charge is 2.19. The van der Waals surface area contributed by atoms with Crippen molar-refractivity contribution in [1.29, 1.82) is 0 Å². The van der Waals surface area contributed by atoms with Crippen molar-refractivity contribution in [2.75, 3.05) is 48.7 Å². The van der Waals surface area contributed by atoms with Crippen LogP contribution in [0.15, 0.2) is 58.2 Å². The molecule has 1 aliphatic heterocycles. The highest BCUT2D eigenvalue weighted by atomic mass is 32.2. The number of anilines is 2. The fraction of sp³-hybridized carbons (Fsp3) is 0.333. The average Bonchev–Trinajstić information content (AvgIpc) is 3.16. The fourth-order valence-electron chi connectivity index (χ4n) is 3.39. The summed E-state index contributed by atoms with van der Waals surface area (Å²) in [6.45, 7) is 7.31. The number of nitrogens with zero attached hydrogens (tertiary/aromatic N) is 3. The van der Waals surface area contributed by atoms with E-state index in [2.05, 4.69) is 33.1 Å². The number of nitrogens with one attached hydrogen (secondary N) is 1. The lowest BCUT2D eigenvalue weighted by molar-refractivity contribution is -0.113. The van der Waals surface area contributed by atoms with Gasteiger partial charge in [-0.15, -0.1) is 0 Å². The van der Waals surface area contributed by atoms with E-state index in [0.717, 1.165) is 55.2 Å². The summed E-state index contributed by atoms with van der Waals surface area (Å²) in [5, 5.41) is 3.57. The predicted octanol–water partition coefficient (Wildman–Crippen LogP) is 3.70. The number of hydrogen-bond donors (Lipinski definition) is 1. The molecular formula is C21H24N4O2S. The summed E-state index contributed by atoms with van der Waals surface area (Å²) < 4.78 is 5.67. The SMILES string of the molecule is CCN1CCN(c2ccccc2NC(=O)CSc2nc3ccccc3o2)CC1. The van der Waals surface area contributed by atoms with E-state index in [1.54, 1.807) is 0 Å². The molecule has 4 rings (SSSR count). The zero-order valence-corrected chi connectivity index (χ0v) is 16.7. The predicted molar refractivity (Wildman–Crippen MR) is 114 cm³/mol. The molecule has 0 radical (unpaired) electrons. The lowest BCUT2D eigenvalue weighted by atomic mass is 10.2. The Morgan fingerprint density at radius 2 is 1.86 bits per heavy atom. The van der Waals surface area contributed by atoms with Gasteiger partial charge in [0, 0.05) is 26.2 Å². The van der Waals surface area contributed by atoms with Gasteiger partial charge in [0.1, 0.15) is 5.52 Å². The second-order valence-corrected chi connectivity index (χ2v) is 7.65. The molecule has 28 heavy (non-hydrogen) atoms. The summed E-state index contributed by atoms with van der Waals surface area (Å²) in [4.78, 5) is 21.7. The van der Waals surface area contributed by atoms with Crippen LogP contribution in [-0.4, -0.2) is 54.3 Å². The third-order valence-corrected chi connectivity index (χ3v) is 5.77. The summed E-state index contributed by atoms with van der Waals surface area (Å²) in [6, 6.07) is 15.6. The second kappa shape index (κ2) is 8.67. The first-order chi connectivity index (χ1) is 13.7. The molecule has 1 N–H and O–H groups in total. The highest BCUT2D eigenvalue weighted by molar-refractivity contribution is 7.99. The lowest BCUT2D eigenvalue weighted by Crippen LogP contribution is -2.46. The molecule has 7 heteroatoms. The van der Waals surface area contributed by atoms with E-state index in [9.17, 15) is 4.79 Å². The molecule has 3 aromatic rings. The second-order valence-electron chi connectivity index (χ2n) is 6.72. The van der Waals surface area contributed by atoms with Crippen molar-refractivity contribution in [3.63, 3.8) is 0 Å². The molecule has 146 valence electrons. The first kappa shape index (κ1) is 18.8. The van der Waals surface area contributed by atoms with Gasteiger partial charge in [0.05, 0.1) is 17.1 Å². The minimum atomic E-state index is -0.0631.